The van der Waals surface area contributed by atoms with Crippen LogP contribution >= 0.6 is 0 Å². The van der Waals surface area contributed by atoms with Crippen molar-refractivity contribution in [3.63, 3.8) is 0 Å². The van der Waals surface area contributed by atoms with Crippen LogP contribution in [0.4, 0.5) is 0 Å². The number of carbonyl (C=O) groups excluding carboxylic acids is 1. The molecule has 1 atom stereocenters. The first-order chi connectivity index (χ1) is 13.0. The molecule has 1 aromatic carbocycles. The van der Waals surface area contributed by atoms with Crippen LogP contribution in [0, 0.1) is 13.8 Å². The Kier molecular flexibility index (Phi) is 5.71. The molecular formula is C20H25N5O2. The van der Waals surface area contributed by atoms with Crippen molar-refractivity contribution in [2.24, 2.45) is 0 Å². The normalized spacial score (nSPS) is 12.1. The van der Waals surface area contributed by atoms with E-state index in [1.807, 2.05) is 55.8 Å². The second-order valence-corrected chi connectivity index (χ2v) is 6.57. The van der Waals surface area contributed by atoms with Crippen LogP contribution in [0.15, 0.2) is 36.4 Å². The van der Waals surface area contributed by atoms with Crippen LogP contribution in [0.5, 0.6) is 0 Å². The smallest absolute Gasteiger partial charge is 0.269 e. The quantitative estimate of drug-likeness (QED) is 0.597. The van der Waals surface area contributed by atoms with Crippen molar-refractivity contribution in [3.05, 3.63) is 59.0 Å². The summed E-state index contributed by atoms with van der Waals surface area (Å²) in [7, 11) is 0. The van der Waals surface area contributed by atoms with E-state index in [0.29, 0.717) is 17.8 Å². The molecule has 27 heavy (non-hydrogen) atoms. The number of aliphatic hydroxyl groups excluding tert-OH is 1. The maximum Gasteiger partial charge on any atom is 0.269 e. The van der Waals surface area contributed by atoms with E-state index in [2.05, 4.69) is 20.6 Å². The number of nitrogens with one attached hydrogen (secondary N) is 2. The van der Waals surface area contributed by atoms with Gasteiger partial charge in [-0.25, -0.2) is 0 Å². The zero-order chi connectivity index (χ0) is 19.4. The monoisotopic (exact) mass is 367 g/mol. The third-order valence-electron chi connectivity index (χ3n) is 4.64. The Morgan fingerprint density at radius 3 is 2.67 bits per heavy atom. The molecule has 1 amide bonds. The molecule has 2 aromatic heterocycles. The molecule has 3 N–H and O–H groups in total. The van der Waals surface area contributed by atoms with Crippen LogP contribution in [-0.2, 0) is 13.0 Å². The number of benzene rings is 1. The summed E-state index contributed by atoms with van der Waals surface area (Å²) in [6.45, 7) is 6.61. The molecule has 0 saturated carbocycles. The fourth-order valence-electron chi connectivity index (χ4n) is 3.26. The second-order valence-electron chi connectivity index (χ2n) is 6.57. The molecule has 0 aliphatic carbocycles. The number of nitrogens with zero attached hydrogens (tertiary/aromatic N) is 3. The van der Waals surface area contributed by atoms with Crippen LogP contribution in [-0.4, -0.2) is 43.6 Å². The van der Waals surface area contributed by atoms with Crippen molar-refractivity contribution in [1.82, 2.24) is 25.3 Å². The summed E-state index contributed by atoms with van der Waals surface area (Å²) < 4.78 is 1.92. The predicted molar refractivity (Wildman–Crippen MR) is 103 cm³/mol. The van der Waals surface area contributed by atoms with E-state index >= 15 is 0 Å². The van der Waals surface area contributed by atoms with Gasteiger partial charge in [0.1, 0.15) is 5.69 Å². The molecule has 3 rings (SSSR count). The zero-order valence-corrected chi connectivity index (χ0v) is 15.9. The molecule has 0 spiro atoms. The lowest BCUT2D eigenvalue weighted by Crippen LogP contribution is -2.39. The highest BCUT2D eigenvalue weighted by molar-refractivity contribution is 5.93. The summed E-state index contributed by atoms with van der Waals surface area (Å²) in [4.78, 5) is 12.6. The van der Waals surface area contributed by atoms with Gasteiger partial charge in [-0.1, -0.05) is 30.3 Å². The molecular weight excluding hydrogens is 342 g/mol. The Morgan fingerprint density at radius 1 is 1.30 bits per heavy atom. The number of hydrogen-bond donors (Lipinski definition) is 3. The lowest BCUT2D eigenvalue weighted by Gasteiger charge is -2.15. The van der Waals surface area contributed by atoms with E-state index in [-0.39, 0.29) is 18.6 Å². The highest BCUT2D eigenvalue weighted by Gasteiger charge is 2.19. The van der Waals surface area contributed by atoms with E-state index in [1.54, 1.807) is 6.07 Å². The van der Waals surface area contributed by atoms with Crippen LogP contribution in [0.3, 0.4) is 0 Å². The lowest BCUT2D eigenvalue weighted by atomic mass is 10.1. The molecule has 0 radical (unpaired) electrons. The molecule has 0 saturated heterocycles. The molecule has 0 fully saturated rings. The SMILES string of the molecule is CCn1nc(C)c(-c2cc(C(=O)NC(CO)Cc3ccccc3)[nH]n2)c1C. The molecule has 0 aliphatic heterocycles. The van der Waals surface area contributed by atoms with E-state index in [4.69, 9.17) is 0 Å². The number of aromatic amines is 1. The lowest BCUT2D eigenvalue weighted by molar-refractivity contribution is 0.0911. The Hall–Kier alpha value is -2.93. The van der Waals surface area contributed by atoms with Crippen LogP contribution in [0.2, 0.25) is 0 Å². The van der Waals surface area contributed by atoms with Crippen molar-refractivity contribution in [3.8, 4) is 11.3 Å². The highest BCUT2D eigenvalue weighted by atomic mass is 16.3. The maximum absolute atomic E-state index is 12.6. The molecule has 142 valence electrons. The standard InChI is InChI=1S/C20H25N5O2/c1-4-25-14(3)19(13(2)24-25)17-11-18(23-22-17)20(27)21-16(12-26)10-15-8-6-5-7-9-15/h5-9,11,16,26H,4,10,12H2,1-3H3,(H,21,27)(H,22,23). The van der Waals surface area contributed by atoms with Crippen LogP contribution < -0.4 is 5.32 Å². The second kappa shape index (κ2) is 8.18. The van der Waals surface area contributed by atoms with E-state index in [1.165, 1.54) is 0 Å². The minimum absolute atomic E-state index is 0.136. The number of aromatic nitrogens is 4. The minimum atomic E-state index is -0.363. The van der Waals surface area contributed by atoms with Gasteiger partial charge in [0.05, 0.1) is 24.0 Å². The summed E-state index contributed by atoms with van der Waals surface area (Å²) in [5.74, 6) is -0.290. The average molecular weight is 367 g/mol. The van der Waals surface area contributed by atoms with Gasteiger partial charge in [0, 0.05) is 17.8 Å². The third-order valence-corrected chi connectivity index (χ3v) is 4.64. The Labute approximate surface area is 158 Å². The molecule has 7 nitrogen and oxygen atoms in total. The summed E-state index contributed by atoms with van der Waals surface area (Å²) in [5, 5.41) is 24.1. The summed E-state index contributed by atoms with van der Waals surface area (Å²) in [6.07, 6.45) is 0.561. The van der Waals surface area contributed by atoms with E-state index in [9.17, 15) is 9.90 Å². The zero-order valence-electron chi connectivity index (χ0n) is 15.9. The molecule has 0 bridgehead atoms. The number of carbonyl (C=O) groups is 1. The first-order valence-electron chi connectivity index (χ1n) is 9.08. The Bertz CT molecular complexity index is 914. The number of rotatable bonds is 7. The number of hydrogen-bond acceptors (Lipinski definition) is 4. The van der Waals surface area contributed by atoms with Crippen LogP contribution in [0.25, 0.3) is 11.3 Å². The minimum Gasteiger partial charge on any atom is -0.394 e. The van der Waals surface area contributed by atoms with E-state index < -0.39 is 0 Å². The molecule has 0 aliphatic rings. The van der Waals surface area contributed by atoms with Gasteiger partial charge in [0.2, 0.25) is 0 Å². The van der Waals surface area contributed by atoms with E-state index in [0.717, 1.165) is 29.1 Å². The first-order valence-corrected chi connectivity index (χ1v) is 9.08. The fourth-order valence-corrected chi connectivity index (χ4v) is 3.26. The number of amides is 1. The maximum atomic E-state index is 12.6. The third kappa shape index (κ3) is 4.09. The summed E-state index contributed by atoms with van der Waals surface area (Å²) in [5.41, 5.74) is 4.95. The fraction of sp³-hybridized carbons (Fsp3) is 0.350. The highest BCUT2D eigenvalue weighted by Crippen LogP contribution is 2.25. The molecule has 1 unspecified atom stereocenters. The van der Waals surface area contributed by atoms with Crippen molar-refractivity contribution >= 4 is 5.91 Å². The van der Waals surface area contributed by atoms with Crippen molar-refractivity contribution in [1.29, 1.82) is 0 Å². The summed E-state index contributed by atoms with van der Waals surface area (Å²) >= 11 is 0. The van der Waals surface area contributed by atoms with Gasteiger partial charge < -0.3 is 10.4 Å². The van der Waals surface area contributed by atoms with Crippen molar-refractivity contribution < 1.29 is 9.90 Å². The van der Waals surface area contributed by atoms with Gasteiger partial charge in [0.25, 0.3) is 5.91 Å². The Balaban J connectivity index is 1.74. The number of aryl methyl sites for hydroxylation is 2. The van der Waals surface area contributed by atoms with Gasteiger partial charge in [-0.05, 0) is 38.8 Å². The van der Waals surface area contributed by atoms with Gasteiger partial charge in [-0.2, -0.15) is 10.2 Å². The number of H-pyrrole nitrogens is 1. The number of aliphatic hydroxyl groups is 1. The molecule has 7 heteroatoms. The average Bonchev–Trinajstić information content (AvgIpc) is 3.26. The molecule has 2 heterocycles. The van der Waals surface area contributed by atoms with Crippen molar-refractivity contribution in [2.45, 2.75) is 39.8 Å². The largest absolute Gasteiger partial charge is 0.394 e. The Morgan fingerprint density at radius 2 is 2.04 bits per heavy atom. The van der Waals surface area contributed by atoms with Crippen LogP contribution in [0.1, 0.15) is 34.4 Å². The topological polar surface area (TPSA) is 95.8 Å². The predicted octanol–water partition coefficient (Wildman–Crippen LogP) is 2.24. The van der Waals surface area contributed by atoms with Gasteiger partial charge >= 0.3 is 0 Å². The van der Waals surface area contributed by atoms with Gasteiger partial charge in [0.15, 0.2) is 0 Å². The summed E-state index contributed by atoms with van der Waals surface area (Å²) in [6, 6.07) is 11.1. The first kappa shape index (κ1) is 18.8. The molecule has 3 aromatic rings. The van der Waals surface area contributed by atoms with Crippen molar-refractivity contribution in [2.75, 3.05) is 6.61 Å². The van der Waals surface area contributed by atoms with Gasteiger partial charge in [-0.15, -0.1) is 0 Å². The van der Waals surface area contributed by atoms with Gasteiger partial charge in [-0.3, -0.25) is 14.6 Å².